The van der Waals surface area contributed by atoms with E-state index in [0.29, 0.717) is 12.8 Å². The number of imide groups is 1. The highest BCUT2D eigenvalue weighted by atomic mass is 35.5. The third-order valence-corrected chi connectivity index (χ3v) is 8.04. The van der Waals surface area contributed by atoms with Crippen molar-refractivity contribution in [1.82, 2.24) is 0 Å². The molecule has 2 fully saturated rings. The summed E-state index contributed by atoms with van der Waals surface area (Å²) in [5.41, 5.74) is -0.270. The van der Waals surface area contributed by atoms with E-state index >= 15 is 0 Å². The molecule has 0 spiro atoms. The van der Waals surface area contributed by atoms with Gasteiger partial charge in [-0.2, -0.15) is 0 Å². The van der Waals surface area contributed by atoms with Crippen LogP contribution in [0, 0.1) is 11.8 Å². The van der Waals surface area contributed by atoms with Crippen molar-refractivity contribution in [2.75, 3.05) is 23.8 Å². The van der Waals surface area contributed by atoms with Crippen LogP contribution in [0.3, 0.4) is 0 Å². The molecular weight excluding hydrogens is 512 g/mol. The first-order chi connectivity index (χ1) is 17.1. The third-order valence-electron chi connectivity index (χ3n) is 6.34. The van der Waals surface area contributed by atoms with Gasteiger partial charge in [-0.1, -0.05) is 24.4 Å². The summed E-state index contributed by atoms with van der Waals surface area (Å²) in [6.45, 7) is 0. The van der Waals surface area contributed by atoms with E-state index in [2.05, 4.69) is 14.2 Å². The maximum atomic E-state index is 13.2. The number of fused-ring (bicyclic) bond motifs is 1. The molecule has 10 nitrogen and oxygen atoms in total. The molecule has 190 valence electrons. The number of sulfonamides is 1. The summed E-state index contributed by atoms with van der Waals surface area (Å²) in [6, 6.07) is 7.27. The Bertz CT molecular complexity index is 1320. The van der Waals surface area contributed by atoms with Crippen molar-refractivity contribution in [1.29, 1.82) is 0 Å². The van der Waals surface area contributed by atoms with Crippen molar-refractivity contribution < 1.29 is 37.1 Å². The Hall–Kier alpha value is -3.44. The summed E-state index contributed by atoms with van der Waals surface area (Å²) >= 11 is 6.29. The maximum Gasteiger partial charge on any atom is 0.337 e. The second kappa shape index (κ2) is 9.90. The zero-order valence-electron chi connectivity index (χ0n) is 19.4. The van der Waals surface area contributed by atoms with E-state index in [0.717, 1.165) is 38.0 Å². The second-order valence-corrected chi connectivity index (χ2v) is 10.6. The Balaban J connectivity index is 1.70. The monoisotopic (exact) mass is 534 g/mol. The predicted molar refractivity (Wildman–Crippen MR) is 129 cm³/mol. The van der Waals surface area contributed by atoms with Crippen molar-refractivity contribution in [3.8, 4) is 0 Å². The Kier molecular flexibility index (Phi) is 7.05. The Morgan fingerprint density at radius 1 is 0.917 bits per heavy atom. The van der Waals surface area contributed by atoms with E-state index in [1.54, 1.807) is 0 Å². The Labute approximate surface area is 212 Å². The van der Waals surface area contributed by atoms with E-state index in [4.69, 9.17) is 11.6 Å². The van der Waals surface area contributed by atoms with E-state index in [1.165, 1.54) is 30.3 Å². The molecule has 1 aliphatic carbocycles. The first kappa shape index (κ1) is 25.6. The lowest BCUT2D eigenvalue weighted by Gasteiger charge is -2.19. The zero-order valence-corrected chi connectivity index (χ0v) is 21.0. The third kappa shape index (κ3) is 4.68. The highest BCUT2D eigenvalue weighted by molar-refractivity contribution is 7.92. The standard InChI is InChI=1S/C24H23ClN2O8S/c1-34-23(30)13-9-14(24(31)35-2)11-15(10-13)26-36(32,33)16-7-8-19(25)20(12-16)27-21(28)17-5-3-4-6-18(17)22(27)29/h7-12,17-18,26H,3-6H2,1-2H3/t17-,18-/m0/s1. The van der Waals surface area contributed by atoms with E-state index < -0.39 is 33.8 Å². The van der Waals surface area contributed by atoms with Gasteiger partial charge in [-0.25, -0.2) is 22.9 Å². The van der Waals surface area contributed by atoms with Gasteiger partial charge in [0.05, 0.1) is 58.5 Å². The summed E-state index contributed by atoms with van der Waals surface area (Å²) in [6.07, 6.45) is 2.89. The number of benzene rings is 2. The number of ether oxygens (including phenoxy) is 2. The molecule has 0 radical (unpaired) electrons. The molecule has 1 saturated heterocycles. The molecule has 1 N–H and O–H groups in total. The molecular formula is C24H23ClN2O8S. The SMILES string of the molecule is COC(=O)c1cc(NS(=O)(=O)c2ccc(Cl)c(N3C(=O)[C@H]4CCCC[C@@H]4C3=O)c2)cc(C(=O)OC)c1. The second-order valence-electron chi connectivity index (χ2n) is 8.51. The molecule has 0 bridgehead atoms. The molecule has 0 aromatic heterocycles. The van der Waals surface area contributed by atoms with Crippen LogP contribution in [0.25, 0.3) is 0 Å². The molecule has 1 heterocycles. The molecule has 2 amide bonds. The summed E-state index contributed by atoms with van der Waals surface area (Å²) in [5, 5.41) is 0.0509. The predicted octanol–water partition coefficient (Wildman–Crippen LogP) is 3.39. The minimum Gasteiger partial charge on any atom is -0.465 e. The van der Waals surface area contributed by atoms with Crippen LogP contribution in [0.1, 0.15) is 46.4 Å². The molecule has 1 saturated carbocycles. The van der Waals surface area contributed by atoms with E-state index in [1.807, 2.05) is 0 Å². The van der Waals surface area contributed by atoms with Gasteiger partial charge >= 0.3 is 11.9 Å². The fourth-order valence-corrected chi connectivity index (χ4v) is 5.86. The van der Waals surface area contributed by atoms with Crippen LogP contribution in [0.15, 0.2) is 41.3 Å². The maximum absolute atomic E-state index is 13.2. The molecule has 0 unspecified atom stereocenters. The lowest BCUT2D eigenvalue weighted by atomic mass is 9.81. The van der Waals surface area contributed by atoms with Crippen molar-refractivity contribution in [2.24, 2.45) is 11.8 Å². The van der Waals surface area contributed by atoms with Crippen LogP contribution in [0.4, 0.5) is 11.4 Å². The number of nitrogens with one attached hydrogen (secondary N) is 1. The molecule has 4 rings (SSSR count). The van der Waals surface area contributed by atoms with Crippen LogP contribution in [-0.2, 0) is 29.1 Å². The number of rotatable bonds is 6. The molecule has 2 aromatic rings. The van der Waals surface area contributed by atoms with Crippen LogP contribution >= 0.6 is 11.6 Å². The minimum atomic E-state index is -4.30. The van der Waals surface area contributed by atoms with Crippen LogP contribution in [-0.4, -0.2) is 46.4 Å². The number of halogens is 1. The number of hydrogen-bond acceptors (Lipinski definition) is 8. The smallest absolute Gasteiger partial charge is 0.337 e. The molecule has 1 aliphatic heterocycles. The summed E-state index contributed by atoms with van der Waals surface area (Å²) in [5.74, 6) is -3.22. The molecule has 2 aliphatic rings. The van der Waals surface area contributed by atoms with Gasteiger partial charge in [0, 0.05) is 0 Å². The number of methoxy groups -OCH3 is 2. The van der Waals surface area contributed by atoms with Gasteiger partial charge in [-0.05, 0) is 49.2 Å². The number of carbonyl (C=O) groups excluding carboxylic acids is 4. The van der Waals surface area contributed by atoms with Crippen molar-refractivity contribution in [3.63, 3.8) is 0 Å². The average molecular weight is 535 g/mol. The first-order valence-corrected chi connectivity index (χ1v) is 13.0. The van der Waals surface area contributed by atoms with Crippen molar-refractivity contribution in [2.45, 2.75) is 30.6 Å². The van der Waals surface area contributed by atoms with Gasteiger partial charge in [0.15, 0.2) is 0 Å². The normalized spacial score (nSPS) is 19.6. The van der Waals surface area contributed by atoms with Gasteiger partial charge in [-0.15, -0.1) is 0 Å². The molecule has 12 heteroatoms. The van der Waals surface area contributed by atoms with Crippen LogP contribution in [0.2, 0.25) is 5.02 Å². The fraction of sp³-hybridized carbons (Fsp3) is 0.333. The average Bonchev–Trinajstić information content (AvgIpc) is 3.12. The van der Waals surface area contributed by atoms with E-state index in [9.17, 15) is 27.6 Å². The summed E-state index contributed by atoms with van der Waals surface area (Å²) in [4.78, 5) is 50.8. The Morgan fingerprint density at radius 2 is 1.44 bits per heavy atom. The van der Waals surface area contributed by atoms with Crippen molar-refractivity contribution >= 4 is 56.8 Å². The molecule has 2 aromatic carbocycles. The van der Waals surface area contributed by atoms with Gasteiger partial charge in [0.25, 0.3) is 10.0 Å². The van der Waals surface area contributed by atoms with Gasteiger partial charge in [0.1, 0.15) is 0 Å². The summed E-state index contributed by atoms with van der Waals surface area (Å²) in [7, 11) is -2.02. The number of nitrogens with zero attached hydrogens (tertiary/aromatic N) is 1. The van der Waals surface area contributed by atoms with Gasteiger partial charge in [-0.3, -0.25) is 14.3 Å². The van der Waals surface area contributed by atoms with Gasteiger partial charge in [0.2, 0.25) is 11.8 Å². The van der Waals surface area contributed by atoms with Crippen molar-refractivity contribution in [3.05, 3.63) is 52.5 Å². The minimum absolute atomic E-state index is 0.0116. The van der Waals surface area contributed by atoms with E-state index in [-0.39, 0.29) is 44.2 Å². The van der Waals surface area contributed by atoms with Gasteiger partial charge < -0.3 is 9.47 Å². The molecule has 2 atom stereocenters. The largest absolute Gasteiger partial charge is 0.465 e. The first-order valence-electron chi connectivity index (χ1n) is 11.1. The number of hydrogen-bond donors (Lipinski definition) is 1. The topological polar surface area (TPSA) is 136 Å². The molecule has 36 heavy (non-hydrogen) atoms. The quantitative estimate of drug-likeness (QED) is 0.440. The zero-order chi connectivity index (χ0) is 26.2. The highest BCUT2D eigenvalue weighted by Crippen LogP contribution is 2.42. The number of esters is 2. The highest BCUT2D eigenvalue weighted by Gasteiger charge is 2.49. The number of anilines is 2. The van der Waals surface area contributed by atoms with Crippen LogP contribution < -0.4 is 9.62 Å². The number of amides is 2. The summed E-state index contributed by atoms with van der Waals surface area (Å²) < 4.78 is 38.1. The lowest BCUT2D eigenvalue weighted by molar-refractivity contribution is -0.122. The Morgan fingerprint density at radius 3 is 1.94 bits per heavy atom. The number of carbonyl (C=O) groups is 4. The van der Waals surface area contributed by atoms with Crippen LogP contribution in [0.5, 0.6) is 0 Å². The fourth-order valence-electron chi connectivity index (χ4n) is 4.60. The lowest BCUT2D eigenvalue weighted by Crippen LogP contribution is -2.31.